The van der Waals surface area contributed by atoms with Gasteiger partial charge in [0, 0.05) is 26.7 Å². The molecule has 2 amide bonds. The molecule has 0 unspecified atom stereocenters. The number of nitrogens with zero attached hydrogens (tertiary/aromatic N) is 3. The number of benzene rings is 2. The number of carbonyl (C=O) groups excluding carboxylic acids is 2. The van der Waals surface area contributed by atoms with Gasteiger partial charge in [0.15, 0.2) is 0 Å². The molecule has 34 heavy (non-hydrogen) atoms. The van der Waals surface area contributed by atoms with E-state index in [4.69, 9.17) is 0 Å². The van der Waals surface area contributed by atoms with Gasteiger partial charge in [-0.1, -0.05) is 37.3 Å². The van der Waals surface area contributed by atoms with E-state index in [0.717, 1.165) is 8.61 Å². The van der Waals surface area contributed by atoms with Crippen molar-refractivity contribution in [3.05, 3.63) is 66.0 Å². The van der Waals surface area contributed by atoms with Crippen LogP contribution in [0.2, 0.25) is 0 Å². The van der Waals surface area contributed by atoms with Gasteiger partial charge in [-0.05, 0) is 50.1 Å². The highest BCUT2D eigenvalue weighted by Gasteiger charge is 2.32. The van der Waals surface area contributed by atoms with Gasteiger partial charge in [0.25, 0.3) is 0 Å². The molecular formula is C24H33FN4O4S. The Balaban J connectivity index is 2.41. The van der Waals surface area contributed by atoms with Crippen molar-refractivity contribution in [2.75, 3.05) is 24.9 Å². The zero-order chi connectivity index (χ0) is 25.5. The van der Waals surface area contributed by atoms with E-state index in [1.165, 1.54) is 43.3 Å². The maximum Gasteiger partial charge on any atom is 0.304 e. The number of para-hydroxylation sites is 1. The predicted octanol–water partition coefficient (Wildman–Crippen LogP) is 2.77. The van der Waals surface area contributed by atoms with Crippen LogP contribution in [0.15, 0.2) is 54.6 Å². The second-order valence-electron chi connectivity index (χ2n) is 8.27. The summed E-state index contributed by atoms with van der Waals surface area (Å²) in [6.07, 6.45) is 0.716. The molecule has 0 aromatic heterocycles. The van der Waals surface area contributed by atoms with Gasteiger partial charge in [-0.2, -0.15) is 12.7 Å². The molecule has 0 heterocycles. The normalized spacial score (nSPS) is 13.3. The molecule has 2 rings (SSSR count). The number of rotatable bonds is 11. The predicted molar refractivity (Wildman–Crippen MR) is 131 cm³/mol. The third kappa shape index (κ3) is 7.01. The van der Waals surface area contributed by atoms with Gasteiger partial charge < -0.3 is 10.2 Å². The summed E-state index contributed by atoms with van der Waals surface area (Å²) in [4.78, 5) is 27.7. The van der Waals surface area contributed by atoms with Crippen molar-refractivity contribution in [2.24, 2.45) is 0 Å². The summed E-state index contributed by atoms with van der Waals surface area (Å²) < 4.78 is 41.5. The lowest BCUT2D eigenvalue weighted by molar-refractivity contribution is -0.139. The van der Waals surface area contributed by atoms with Crippen LogP contribution in [0.3, 0.4) is 0 Å². The minimum absolute atomic E-state index is 0.0127. The monoisotopic (exact) mass is 492 g/mol. The quantitative estimate of drug-likeness (QED) is 0.522. The summed E-state index contributed by atoms with van der Waals surface area (Å²) in [6, 6.07) is 12.9. The fourth-order valence-corrected chi connectivity index (χ4v) is 4.20. The third-order valence-electron chi connectivity index (χ3n) is 5.50. The van der Waals surface area contributed by atoms with E-state index in [2.05, 4.69) is 5.32 Å². The molecule has 0 spiro atoms. The van der Waals surface area contributed by atoms with Gasteiger partial charge >= 0.3 is 10.2 Å². The summed E-state index contributed by atoms with van der Waals surface area (Å²) in [5.41, 5.74) is 0.933. The second-order valence-corrected chi connectivity index (χ2v) is 10.3. The smallest absolute Gasteiger partial charge is 0.304 e. The lowest BCUT2D eigenvalue weighted by Crippen LogP contribution is -2.53. The first-order chi connectivity index (χ1) is 16.0. The van der Waals surface area contributed by atoms with E-state index in [-0.39, 0.29) is 18.5 Å². The van der Waals surface area contributed by atoms with E-state index in [1.807, 2.05) is 13.8 Å². The Hall–Kier alpha value is -2.98. The molecule has 8 nitrogen and oxygen atoms in total. The number of halogens is 1. The first-order valence-corrected chi connectivity index (χ1v) is 12.5. The van der Waals surface area contributed by atoms with Gasteiger partial charge in [-0.3, -0.25) is 9.59 Å². The molecule has 0 aliphatic heterocycles. The van der Waals surface area contributed by atoms with Crippen LogP contribution in [-0.2, 0) is 26.3 Å². The maximum absolute atomic E-state index is 13.5. The van der Waals surface area contributed by atoms with Crippen LogP contribution in [0.1, 0.15) is 32.8 Å². The summed E-state index contributed by atoms with van der Waals surface area (Å²) in [7, 11) is -1.23. The Kier molecular flexibility index (Phi) is 9.57. The van der Waals surface area contributed by atoms with Crippen molar-refractivity contribution in [3.8, 4) is 0 Å². The Morgan fingerprint density at radius 2 is 1.59 bits per heavy atom. The van der Waals surface area contributed by atoms with Gasteiger partial charge in [0.05, 0.1) is 5.69 Å². The Bertz CT molecular complexity index is 1060. The lowest BCUT2D eigenvalue weighted by atomic mass is 10.1. The van der Waals surface area contributed by atoms with Crippen LogP contribution >= 0.6 is 0 Å². The van der Waals surface area contributed by atoms with Crippen LogP contribution in [-0.4, -0.2) is 62.2 Å². The molecule has 186 valence electrons. The van der Waals surface area contributed by atoms with Crippen molar-refractivity contribution >= 4 is 27.7 Å². The average Bonchev–Trinajstić information content (AvgIpc) is 2.81. The maximum atomic E-state index is 13.5. The van der Waals surface area contributed by atoms with Gasteiger partial charge in [-0.15, -0.1) is 0 Å². The fourth-order valence-electron chi connectivity index (χ4n) is 3.15. The highest BCUT2D eigenvalue weighted by atomic mass is 32.2. The average molecular weight is 493 g/mol. The molecule has 0 saturated carbocycles. The Labute approximate surface area is 201 Å². The van der Waals surface area contributed by atoms with E-state index < -0.39 is 34.5 Å². The van der Waals surface area contributed by atoms with Crippen molar-refractivity contribution in [1.82, 2.24) is 14.5 Å². The van der Waals surface area contributed by atoms with Crippen molar-refractivity contribution in [1.29, 1.82) is 0 Å². The zero-order valence-corrected chi connectivity index (χ0v) is 21.0. The van der Waals surface area contributed by atoms with Crippen molar-refractivity contribution in [3.63, 3.8) is 0 Å². The number of hydrogen-bond acceptors (Lipinski definition) is 4. The van der Waals surface area contributed by atoms with E-state index >= 15 is 0 Å². The zero-order valence-electron chi connectivity index (χ0n) is 20.2. The van der Waals surface area contributed by atoms with Crippen LogP contribution in [0.4, 0.5) is 10.1 Å². The van der Waals surface area contributed by atoms with E-state index in [0.29, 0.717) is 17.7 Å². The van der Waals surface area contributed by atoms with E-state index in [9.17, 15) is 22.4 Å². The number of anilines is 1. The van der Waals surface area contributed by atoms with Gasteiger partial charge in [0.1, 0.15) is 18.4 Å². The molecule has 10 heteroatoms. The highest BCUT2D eigenvalue weighted by Crippen LogP contribution is 2.20. The molecule has 0 aliphatic carbocycles. The lowest BCUT2D eigenvalue weighted by Gasteiger charge is -2.33. The summed E-state index contributed by atoms with van der Waals surface area (Å²) in [5.74, 6) is -1.34. The van der Waals surface area contributed by atoms with Crippen molar-refractivity contribution in [2.45, 2.75) is 45.8 Å². The largest absolute Gasteiger partial charge is 0.352 e. The van der Waals surface area contributed by atoms with Crippen LogP contribution in [0.5, 0.6) is 0 Å². The van der Waals surface area contributed by atoms with Crippen LogP contribution in [0, 0.1) is 5.82 Å². The summed E-state index contributed by atoms with van der Waals surface area (Å²) in [5, 5.41) is 2.86. The van der Waals surface area contributed by atoms with Crippen LogP contribution < -0.4 is 9.62 Å². The molecule has 2 aromatic rings. The topological polar surface area (TPSA) is 90.0 Å². The van der Waals surface area contributed by atoms with Gasteiger partial charge in [0.2, 0.25) is 11.8 Å². The van der Waals surface area contributed by atoms with Crippen molar-refractivity contribution < 1.29 is 22.4 Å². The fraction of sp³-hybridized carbons (Fsp3) is 0.417. The minimum atomic E-state index is -4.00. The molecule has 0 radical (unpaired) electrons. The summed E-state index contributed by atoms with van der Waals surface area (Å²) in [6.45, 7) is 4.89. The molecule has 1 N–H and O–H groups in total. The van der Waals surface area contributed by atoms with Gasteiger partial charge in [-0.25, -0.2) is 8.70 Å². The Morgan fingerprint density at radius 3 is 2.12 bits per heavy atom. The first kappa shape index (κ1) is 27.3. The van der Waals surface area contributed by atoms with E-state index in [1.54, 1.807) is 37.3 Å². The third-order valence-corrected chi connectivity index (χ3v) is 7.32. The SMILES string of the molecule is CC[C@H](C)NC(=O)[C@@H](C)N(Cc1ccc(F)cc1)C(=O)CN(c1ccccc1)S(=O)(=O)N(C)C. The molecule has 0 aliphatic rings. The minimum Gasteiger partial charge on any atom is -0.352 e. The molecule has 2 aromatic carbocycles. The standard InChI is InChI=1S/C24H33FN4O4S/c1-6-18(2)26-24(31)19(3)28(16-20-12-14-21(25)15-13-20)23(30)17-29(34(32,33)27(4)5)22-10-8-7-9-11-22/h7-15,18-19H,6,16-17H2,1-5H3,(H,26,31)/t18-,19+/m0/s1. The molecule has 0 bridgehead atoms. The Morgan fingerprint density at radius 1 is 1.00 bits per heavy atom. The summed E-state index contributed by atoms with van der Waals surface area (Å²) >= 11 is 0. The van der Waals surface area contributed by atoms with Crippen LogP contribution in [0.25, 0.3) is 0 Å². The number of nitrogens with one attached hydrogen (secondary N) is 1. The first-order valence-electron chi connectivity index (χ1n) is 11.1. The highest BCUT2D eigenvalue weighted by molar-refractivity contribution is 7.90. The number of hydrogen-bond donors (Lipinski definition) is 1. The molecule has 2 atom stereocenters. The molecule has 0 fully saturated rings. The molecular weight excluding hydrogens is 459 g/mol. The molecule has 0 saturated heterocycles. The second kappa shape index (κ2) is 11.9. The number of carbonyl (C=O) groups is 2. The number of amides is 2.